The Morgan fingerprint density at radius 2 is 1.88 bits per heavy atom. The van der Waals surface area contributed by atoms with E-state index in [-0.39, 0.29) is 18.2 Å². The normalized spacial score (nSPS) is 16.5. The molecule has 1 aromatic heterocycles. The van der Waals surface area contributed by atoms with Crippen molar-refractivity contribution in [2.75, 3.05) is 39.6 Å². The van der Waals surface area contributed by atoms with Crippen LogP contribution in [-0.4, -0.2) is 66.2 Å². The molecule has 2 rings (SSSR count). The summed E-state index contributed by atoms with van der Waals surface area (Å²) < 4.78 is 17.7. The Labute approximate surface area is 141 Å². The van der Waals surface area contributed by atoms with E-state index in [1.165, 1.54) is 0 Å². The minimum atomic E-state index is -0.401. The van der Waals surface area contributed by atoms with Gasteiger partial charge in [-0.2, -0.15) is 0 Å². The van der Waals surface area contributed by atoms with Crippen molar-refractivity contribution in [2.45, 2.75) is 32.7 Å². The van der Waals surface area contributed by atoms with Gasteiger partial charge in [0.15, 0.2) is 5.78 Å². The molecular formula is C16H25N3O5. The predicted octanol–water partition coefficient (Wildman–Crippen LogP) is 0.439. The second kappa shape index (κ2) is 10.3. The lowest BCUT2D eigenvalue weighted by Gasteiger charge is -2.06. The van der Waals surface area contributed by atoms with Crippen molar-refractivity contribution in [2.24, 2.45) is 5.92 Å². The van der Waals surface area contributed by atoms with Gasteiger partial charge in [-0.15, -0.1) is 5.10 Å². The van der Waals surface area contributed by atoms with E-state index >= 15 is 0 Å². The number of Topliss-reactive ketones (excluding diaryl/α,β-unsaturated/α-hetero) is 2. The molecule has 0 bridgehead atoms. The summed E-state index contributed by atoms with van der Waals surface area (Å²) in [6, 6.07) is 0. The van der Waals surface area contributed by atoms with Crippen molar-refractivity contribution in [1.29, 1.82) is 0 Å². The molecule has 8 nitrogen and oxygen atoms in total. The molecule has 0 N–H and O–H groups in total. The zero-order chi connectivity index (χ0) is 17.2. The lowest BCUT2D eigenvalue weighted by molar-refractivity contribution is -0.127. The molecule has 0 aliphatic heterocycles. The van der Waals surface area contributed by atoms with Gasteiger partial charge in [0, 0.05) is 12.6 Å². The largest absolute Gasteiger partial charge is 0.377 e. The van der Waals surface area contributed by atoms with Crippen LogP contribution < -0.4 is 0 Å². The Kier molecular flexibility index (Phi) is 8.00. The maximum absolute atomic E-state index is 11.4. The van der Waals surface area contributed by atoms with E-state index in [4.69, 9.17) is 14.2 Å². The van der Waals surface area contributed by atoms with Gasteiger partial charge in [-0.3, -0.25) is 9.59 Å². The Hall–Kier alpha value is -1.64. The first-order valence-electron chi connectivity index (χ1n) is 8.38. The third-order valence-electron chi connectivity index (χ3n) is 3.57. The predicted molar refractivity (Wildman–Crippen MR) is 84.6 cm³/mol. The van der Waals surface area contributed by atoms with Gasteiger partial charge in [-0.25, -0.2) is 4.68 Å². The zero-order valence-corrected chi connectivity index (χ0v) is 14.1. The molecule has 0 spiro atoms. The molecule has 8 heteroatoms. The van der Waals surface area contributed by atoms with E-state index in [1.807, 2.05) is 6.20 Å². The molecule has 0 aromatic carbocycles. The minimum Gasteiger partial charge on any atom is -0.377 e. The fraction of sp³-hybridized carbons (Fsp3) is 0.750. The summed E-state index contributed by atoms with van der Waals surface area (Å²) in [6.45, 7) is 5.03. The lowest BCUT2D eigenvalue weighted by Crippen LogP contribution is -2.16. The summed E-state index contributed by atoms with van der Waals surface area (Å²) in [6.07, 6.45) is 4.32. The van der Waals surface area contributed by atoms with Gasteiger partial charge in [0.25, 0.3) is 0 Å². The molecular weight excluding hydrogens is 314 g/mol. The first-order chi connectivity index (χ1) is 11.7. The smallest absolute Gasteiger partial charge is 0.169 e. The van der Waals surface area contributed by atoms with Crippen LogP contribution >= 0.6 is 0 Å². The SMILES string of the molecule is CCCc1cn(CCOCCOCCOCC(=O)C2CC2=O)nn1. The van der Waals surface area contributed by atoms with Gasteiger partial charge in [0.05, 0.1) is 51.2 Å². The summed E-state index contributed by atoms with van der Waals surface area (Å²) in [5, 5.41) is 8.10. The quantitative estimate of drug-likeness (QED) is 0.359. The number of hydrogen-bond donors (Lipinski definition) is 0. The Bertz CT molecular complexity index is 532. The van der Waals surface area contributed by atoms with Crippen LogP contribution in [0.4, 0.5) is 0 Å². The molecule has 1 atom stereocenters. The van der Waals surface area contributed by atoms with Crippen LogP contribution in [0.15, 0.2) is 6.20 Å². The monoisotopic (exact) mass is 339 g/mol. The molecule has 1 fully saturated rings. The number of aryl methyl sites for hydroxylation is 1. The summed E-state index contributed by atoms with van der Waals surface area (Å²) in [5.41, 5.74) is 1.00. The summed E-state index contributed by atoms with van der Waals surface area (Å²) in [5.74, 6) is -0.509. The number of carbonyl (C=O) groups is 2. The van der Waals surface area contributed by atoms with Crippen LogP contribution in [0, 0.1) is 5.92 Å². The Morgan fingerprint density at radius 3 is 2.54 bits per heavy atom. The van der Waals surface area contributed by atoms with E-state index in [2.05, 4.69) is 17.2 Å². The number of hydrogen-bond acceptors (Lipinski definition) is 7. The van der Waals surface area contributed by atoms with E-state index in [1.54, 1.807) is 4.68 Å². The molecule has 134 valence electrons. The number of carbonyl (C=O) groups excluding carboxylic acids is 2. The van der Waals surface area contributed by atoms with Crippen molar-refractivity contribution in [3.8, 4) is 0 Å². The summed E-state index contributed by atoms with van der Waals surface area (Å²) >= 11 is 0. The second-order valence-electron chi connectivity index (χ2n) is 5.69. The fourth-order valence-corrected chi connectivity index (χ4v) is 2.13. The van der Waals surface area contributed by atoms with Crippen LogP contribution in [0.1, 0.15) is 25.5 Å². The van der Waals surface area contributed by atoms with Gasteiger partial charge < -0.3 is 14.2 Å². The van der Waals surface area contributed by atoms with Gasteiger partial charge in [0.2, 0.25) is 0 Å². The third kappa shape index (κ3) is 6.86. The van der Waals surface area contributed by atoms with E-state index < -0.39 is 5.92 Å². The number of ketones is 2. The van der Waals surface area contributed by atoms with Crippen LogP contribution in [0.2, 0.25) is 0 Å². The minimum absolute atomic E-state index is 0.00576. The zero-order valence-electron chi connectivity index (χ0n) is 14.1. The number of ether oxygens (including phenoxy) is 3. The number of nitrogens with zero attached hydrogens (tertiary/aromatic N) is 3. The van der Waals surface area contributed by atoms with Crippen LogP contribution in [-0.2, 0) is 36.8 Å². The first-order valence-corrected chi connectivity index (χ1v) is 8.38. The molecule has 1 aromatic rings. The molecule has 1 unspecified atom stereocenters. The van der Waals surface area contributed by atoms with Crippen LogP contribution in [0.5, 0.6) is 0 Å². The van der Waals surface area contributed by atoms with Crippen molar-refractivity contribution < 1.29 is 23.8 Å². The van der Waals surface area contributed by atoms with Crippen molar-refractivity contribution in [3.63, 3.8) is 0 Å². The maximum atomic E-state index is 11.4. The second-order valence-corrected chi connectivity index (χ2v) is 5.69. The van der Waals surface area contributed by atoms with Gasteiger partial charge in [-0.05, 0) is 6.42 Å². The van der Waals surface area contributed by atoms with Crippen molar-refractivity contribution >= 4 is 11.6 Å². The van der Waals surface area contributed by atoms with E-state index in [0.717, 1.165) is 18.5 Å². The molecule has 1 aliphatic carbocycles. The topological polar surface area (TPSA) is 92.5 Å². The average molecular weight is 339 g/mol. The highest BCUT2D eigenvalue weighted by Crippen LogP contribution is 2.24. The van der Waals surface area contributed by atoms with Crippen molar-refractivity contribution in [1.82, 2.24) is 15.0 Å². The molecule has 1 aliphatic rings. The highest BCUT2D eigenvalue weighted by Gasteiger charge is 2.40. The molecule has 1 heterocycles. The van der Waals surface area contributed by atoms with Crippen molar-refractivity contribution in [3.05, 3.63) is 11.9 Å². The number of aromatic nitrogens is 3. The van der Waals surface area contributed by atoms with E-state index in [9.17, 15) is 9.59 Å². The lowest BCUT2D eigenvalue weighted by atomic mass is 10.3. The molecule has 0 amide bonds. The average Bonchev–Trinajstić information content (AvgIpc) is 3.13. The Balaban J connectivity index is 1.36. The van der Waals surface area contributed by atoms with Gasteiger partial charge in [-0.1, -0.05) is 18.6 Å². The molecule has 24 heavy (non-hydrogen) atoms. The Morgan fingerprint density at radius 1 is 1.21 bits per heavy atom. The van der Waals surface area contributed by atoms with Crippen LogP contribution in [0.3, 0.4) is 0 Å². The van der Waals surface area contributed by atoms with Gasteiger partial charge >= 0.3 is 0 Å². The molecule has 0 saturated heterocycles. The first kappa shape index (κ1) is 18.7. The van der Waals surface area contributed by atoms with E-state index in [0.29, 0.717) is 46.0 Å². The standard InChI is InChI=1S/C16H25N3O5/c1-2-3-13-11-19(18-17-13)4-5-22-6-7-23-8-9-24-12-16(21)14-10-15(14)20/h11,14H,2-10,12H2,1H3. The summed E-state index contributed by atoms with van der Waals surface area (Å²) in [7, 11) is 0. The third-order valence-corrected chi connectivity index (χ3v) is 3.57. The van der Waals surface area contributed by atoms with Crippen LogP contribution in [0.25, 0.3) is 0 Å². The fourth-order valence-electron chi connectivity index (χ4n) is 2.13. The van der Waals surface area contributed by atoms with Gasteiger partial charge in [0.1, 0.15) is 12.4 Å². The molecule has 0 radical (unpaired) electrons. The summed E-state index contributed by atoms with van der Waals surface area (Å²) in [4.78, 5) is 22.1. The highest BCUT2D eigenvalue weighted by atomic mass is 16.5. The maximum Gasteiger partial charge on any atom is 0.169 e. The number of rotatable bonds is 14. The highest BCUT2D eigenvalue weighted by molar-refractivity contribution is 6.15. The molecule has 1 saturated carbocycles.